The van der Waals surface area contributed by atoms with Gasteiger partial charge in [-0.3, -0.25) is 0 Å². The standard InChI is InChI=1S/C10H14N4O/c11-9-1-2-12-10(13-9)14-3-7-5-15-6-8(7)4-14/h1-2,7-8H,3-6H2,(H2,11,12,13)/t7-,8+. The molecule has 0 aromatic carbocycles. The van der Waals surface area contributed by atoms with Crippen LogP contribution in [0.3, 0.4) is 0 Å². The molecule has 0 aliphatic carbocycles. The number of anilines is 2. The van der Waals surface area contributed by atoms with Crippen molar-refractivity contribution in [2.75, 3.05) is 36.9 Å². The second-order valence-electron chi connectivity index (χ2n) is 4.24. The van der Waals surface area contributed by atoms with Gasteiger partial charge in [0, 0.05) is 31.1 Å². The lowest BCUT2D eigenvalue weighted by Gasteiger charge is -2.16. The van der Waals surface area contributed by atoms with Gasteiger partial charge in [-0.2, -0.15) is 4.98 Å². The third-order valence-corrected chi connectivity index (χ3v) is 3.19. The van der Waals surface area contributed by atoms with Gasteiger partial charge in [0.1, 0.15) is 5.82 Å². The van der Waals surface area contributed by atoms with Gasteiger partial charge in [-0.1, -0.05) is 0 Å². The van der Waals surface area contributed by atoms with Gasteiger partial charge in [0.05, 0.1) is 13.2 Å². The molecule has 5 heteroatoms. The number of nitrogens with zero attached hydrogens (tertiary/aromatic N) is 3. The zero-order valence-corrected chi connectivity index (χ0v) is 8.47. The van der Waals surface area contributed by atoms with E-state index in [0.29, 0.717) is 17.7 Å². The fourth-order valence-corrected chi connectivity index (χ4v) is 2.36. The first-order valence-electron chi connectivity index (χ1n) is 5.24. The van der Waals surface area contributed by atoms with E-state index in [0.717, 1.165) is 32.3 Å². The van der Waals surface area contributed by atoms with Crippen LogP contribution in [0, 0.1) is 11.8 Å². The molecule has 0 bridgehead atoms. The predicted octanol–water partition coefficient (Wildman–Crippen LogP) is 0.141. The second-order valence-corrected chi connectivity index (χ2v) is 4.24. The summed E-state index contributed by atoms with van der Waals surface area (Å²) in [5.74, 6) is 2.59. The van der Waals surface area contributed by atoms with Crippen molar-refractivity contribution in [3.63, 3.8) is 0 Å². The van der Waals surface area contributed by atoms with Gasteiger partial charge in [-0.15, -0.1) is 0 Å². The summed E-state index contributed by atoms with van der Waals surface area (Å²) in [6, 6.07) is 1.71. The summed E-state index contributed by atoms with van der Waals surface area (Å²) in [6.07, 6.45) is 1.71. The highest BCUT2D eigenvalue weighted by molar-refractivity contribution is 5.39. The molecule has 0 spiro atoms. The summed E-state index contributed by atoms with van der Waals surface area (Å²) in [5.41, 5.74) is 5.64. The van der Waals surface area contributed by atoms with Crippen LogP contribution in [0.4, 0.5) is 11.8 Å². The molecule has 2 N–H and O–H groups in total. The lowest BCUT2D eigenvalue weighted by molar-refractivity contribution is 0.177. The van der Waals surface area contributed by atoms with E-state index in [-0.39, 0.29) is 0 Å². The van der Waals surface area contributed by atoms with Crippen LogP contribution in [0.2, 0.25) is 0 Å². The van der Waals surface area contributed by atoms with Crippen molar-refractivity contribution in [1.29, 1.82) is 0 Å². The van der Waals surface area contributed by atoms with Crippen LogP contribution in [0.25, 0.3) is 0 Å². The first kappa shape index (κ1) is 8.91. The fraction of sp³-hybridized carbons (Fsp3) is 0.600. The van der Waals surface area contributed by atoms with Gasteiger partial charge >= 0.3 is 0 Å². The van der Waals surface area contributed by atoms with Gasteiger partial charge in [-0.05, 0) is 6.07 Å². The molecule has 1 aromatic heterocycles. The number of nitrogens with two attached hydrogens (primary N) is 1. The molecule has 15 heavy (non-hydrogen) atoms. The minimum absolute atomic E-state index is 0.535. The van der Waals surface area contributed by atoms with E-state index in [2.05, 4.69) is 14.9 Å². The molecule has 2 saturated heterocycles. The van der Waals surface area contributed by atoms with E-state index >= 15 is 0 Å². The average molecular weight is 206 g/mol. The molecule has 0 saturated carbocycles. The first-order valence-corrected chi connectivity index (χ1v) is 5.24. The van der Waals surface area contributed by atoms with Crippen molar-refractivity contribution in [3.05, 3.63) is 12.3 Å². The van der Waals surface area contributed by atoms with Gasteiger partial charge in [0.25, 0.3) is 0 Å². The molecular formula is C10H14N4O. The highest BCUT2D eigenvalue weighted by atomic mass is 16.5. The Labute approximate surface area is 88.3 Å². The molecule has 5 nitrogen and oxygen atoms in total. The first-order chi connectivity index (χ1) is 7.33. The van der Waals surface area contributed by atoms with Gasteiger partial charge in [0.2, 0.25) is 5.95 Å². The lowest BCUT2D eigenvalue weighted by atomic mass is 10.0. The van der Waals surface area contributed by atoms with Crippen molar-refractivity contribution < 1.29 is 4.74 Å². The third-order valence-electron chi connectivity index (χ3n) is 3.19. The van der Waals surface area contributed by atoms with Crippen molar-refractivity contribution in [2.24, 2.45) is 11.8 Å². The zero-order valence-electron chi connectivity index (χ0n) is 8.47. The van der Waals surface area contributed by atoms with Crippen LogP contribution >= 0.6 is 0 Å². The normalized spacial score (nSPS) is 29.5. The Morgan fingerprint density at radius 1 is 1.33 bits per heavy atom. The Hall–Kier alpha value is -1.36. The van der Waals surface area contributed by atoms with Gasteiger partial charge < -0.3 is 15.4 Å². The largest absolute Gasteiger partial charge is 0.384 e. The molecule has 0 amide bonds. The highest BCUT2D eigenvalue weighted by Gasteiger charge is 2.37. The molecule has 1 aromatic rings. The van der Waals surface area contributed by atoms with Crippen LogP contribution < -0.4 is 10.6 Å². The summed E-state index contributed by atoms with van der Waals surface area (Å²) >= 11 is 0. The second kappa shape index (κ2) is 3.34. The van der Waals surface area contributed by atoms with Gasteiger partial charge in [0.15, 0.2) is 0 Å². The minimum Gasteiger partial charge on any atom is -0.384 e. The number of hydrogen-bond donors (Lipinski definition) is 1. The summed E-state index contributed by atoms with van der Waals surface area (Å²) in [4.78, 5) is 10.7. The van der Waals surface area contributed by atoms with E-state index in [1.165, 1.54) is 0 Å². The Morgan fingerprint density at radius 3 is 2.73 bits per heavy atom. The summed E-state index contributed by atoms with van der Waals surface area (Å²) < 4.78 is 5.43. The minimum atomic E-state index is 0.535. The average Bonchev–Trinajstić information content (AvgIpc) is 2.76. The molecule has 2 atom stereocenters. The van der Waals surface area contributed by atoms with Crippen LogP contribution in [-0.4, -0.2) is 36.3 Å². The van der Waals surface area contributed by atoms with E-state index in [4.69, 9.17) is 10.5 Å². The van der Waals surface area contributed by atoms with Crippen molar-refractivity contribution >= 4 is 11.8 Å². The van der Waals surface area contributed by atoms with Crippen molar-refractivity contribution in [2.45, 2.75) is 0 Å². The fourth-order valence-electron chi connectivity index (χ4n) is 2.36. The predicted molar refractivity (Wildman–Crippen MR) is 56.5 cm³/mol. The van der Waals surface area contributed by atoms with Crippen LogP contribution in [0.15, 0.2) is 12.3 Å². The Kier molecular flexibility index (Phi) is 1.98. The van der Waals surface area contributed by atoms with Crippen LogP contribution in [-0.2, 0) is 4.74 Å². The van der Waals surface area contributed by atoms with Gasteiger partial charge in [-0.25, -0.2) is 4.98 Å². The van der Waals surface area contributed by atoms with E-state index in [1.54, 1.807) is 12.3 Å². The van der Waals surface area contributed by atoms with Crippen molar-refractivity contribution in [1.82, 2.24) is 9.97 Å². The molecule has 80 valence electrons. The number of fused-ring (bicyclic) bond motifs is 1. The molecule has 3 rings (SSSR count). The van der Waals surface area contributed by atoms with E-state index < -0.39 is 0 Å². The number of nitrogen functional groups attached to an aromatic ring is 1. The molecule has 0 unspecified atom stereocenters. The number of rotatable bonds is 1. The maximum atomic E-state index is 5.64. The van der Waals surface area contributed by atoms with Crippen LogP contribution in [0.1, 0.15) is 0 Å². The molecular weight excluding hydrogens is 192 g/mol. The maximum absolute atomic E-state index is 5.64. The lowest BCUT2D eigenvalue weighted by Crippen LogP contribution is -2.24. The number of hydrogen-bond acceptors (Lipinski definition) is 5. The van der Waals surface area contributed by atoms with Crippen molar-refractivity contribution in [3.8, 4) is 0 Å². The third kappa shape index (κ3) is 1.52. The highest BCUT2D eigenvalue weighted by Crippen LogP contribution is 2.30. The van der Waals surface area contributed by atoms with Crippen LogP contribution in [0.5, 0.6) is 0 Å². The molecule has 2 fully saturated rings. The summed E-state index contributed by atoms with van der Waals surface area (Å²) in [7, 11) is 0. The molecule has 2 aliphatic heterocycles. The Bertz CT molecular complexity index is 358. The number of aromatic nitrogens is 2. The molecule has 3 heterocycles. The summed E-state index contributed by atoms with van der Waals surface area (Å²) in [6.45, 7) is 3.75. The van der Waals surface area contributed by atoms with E-state index in [9.17, 15) is 0 Å². The Morgan fingerprint density at radius 2 is 2.07 bits per heavy atom. The Balaban J connectivity index is 1.79. The monoisotopic (exact) mass is 206 g/mol. The zero-order chi connectivity index (χ0) is 10.3. The topological polar surface area (TPSA) is 64.3 Å². The smallest absolute Gasteiger partial charge is 0.227 e. The van der Waals surface area contributed by atoms with E-state index in [1.807, 2.05) is 0 Å². The molecule has 2 aliphatic rings. The summed E-state index contributed by atoms with van der Waals surface area (Å²) in [5, 5.41) is 0. The number of ether oxygens (including phenoxy) is 1. The maximum Gasteiger partial charge on any atom is 0.227 e. The SMILES string of the molecule is Nc1ccnc(N2C[C@H]3COC[C@H]3C2)n1. The molecule has 0 radical (unpaired) electrons. The quantitative estimate of drug-likeness (QED) is 0.708.